The second-order valence-corrected chi connectivity index (χ2v) is 8.43. The highest BCUT2D eigenvalue weighted by Crippen LogP contribution is 2.25. The molecule has 3 rings (SSSR count). The van der Waals surface area contributed by atoms with Crippen LogP contribution in [0.2, 0.25) is 0 Å². The molecule has 0 N–H and O–H groups in total. The van der Waals surface area contributed by atoms with Gasteiger partial charge in [-0.25, -0.2) is 8.42 Å². The third-order valence-corrected chi connectivity index (χ3v) is 6.56. The SMILES string of the molecule is CC(=O)c1ccc(OC(=O)C2CCN(S(=O)(=O)c3ccccc3)CC2)cc1. The van der Waals surface area contributed by atoms with Crippen LogP contribution in [-0.4, -0.2) is 37.6 Å². The monoisotopic (exact) mass is 387 g/mol. The highest BCUT2D eigenvalue weighted by Gasteiger charge is 2.32. The summed E-state index contributed by atoms with van der Waals surface area (Å²) in [5.74, 6) is -0.397. The normalized spacial score (nSPS) is 16.0. The summed E-state index contributed by atoms with van der Waals surface area (Å²) in [4.78, 5) is 23.9. The number of carbonyl (C=O) groups is 2. The summed E-state index contributed by atoms with van der Waals surface area (Å²) in [6, 6.07) is 14.7. The van der Waals surface area contributed by atoms with Crippen molar-refractivity contribution in [1.82, 2.24) is 4.31 Å². The standard InChI is InChI=1S/C20H21NO5S/c1-15(22)16-7-9-18(10-8-16)26-20(23)17-11-13-21(14-12-17)27(24,25)19-5-3-2-4-6-19/h2-10,17H,11-14H2,1H3. The maximum Gasteiger partial charge on any atom is 0.314 e. The second-order valence-electron chi connectivity index (χ2n) is 6.49. The van der Waals surface area contributed by atoms with Crippen LogP contribution in [0.15, 0.2) is 59.5 Å². The summed E-state index contributed by atoms with van der Waals surface area (Å²) in [5.41, 5.74) is 0.550. The van der Waals surface area contributed by atoms with Crippen molar-refractivity contribution in [3.63, 3.8) is 0 Å². The Balaban J connectivity index is 1.58. The van der Waals surface area contributed by atoms with Crippen LogP contribution in [0.25, 0.3) is 0 Å². The molecule has 1 heterocycles. The number of rotatable bonds is 5. The van der Waals surface area contributed by atoms with Crippen molar-refractivity contribution in [2.45, 2.75) is 24.7 Å². The van der Waals surface area contributed by atoms with Gasteiger partial charge < -0.3 is 4.74 Å². The first kappa shape index (κ1) is 19.3. The molecule has 1 aliphatic rings. The average molecular weight is 387 g/mol. The first-order valence-corrected chi connectivity index (χ1v) is 10.2. The lowest BCUT2D eigenvalue weighted by molar-refractivity contribution is -0.140. The first-order chi connectivity index (χ1) is 12.9. The molecular weight excluding hydrogens is 366 g/mol. The largest absolute Gasteiger partial charge is 0.426 e. The summed E-state index contributed by atoms with van der Waals surface area (Å²) >= 11 is 0. The maximum atomic E-state index is 12.6. The van der Waals surface area contributed by atoms with Gasteiger partial charge in [-0.15, -0.1) is 0 Å². The van der Waals surface area contributed by atoms with Gasteiger partial charge >= 0.3 is 5.97 Å². The average Bonchev–Trinajstić information content (AvgIpc) is 2.69. The van der Waals surface area contributed by atoms with Crippen LogP contribution in [0.4, 0.5) is 0 Å². The van der Waals surface area contributed by atoms with Gasteiger partial charge in [0.25, 0.3) is 0 Å². The molecule has 0 aromatic heterocycles. The van der Waals surface area contributed by atoms with Crippen LogP contribution >= 0.6 is 0 Å². The Kier molecular flexibility index (Phi) is 5.72. The van der Waals surface area contributed by atoms with Crippen LogP contribution in [0, 0.1) is 5.92 Å². The van der Waals surface area contributed by atoms with Crippen molar-refractivity contribution in [3.05, 3.63) is 60.2 Å². The van der Waals surface area contributed by atoms with E-state index in [1.165, 1.54) is 11.2 Å². The molecule has 0 aliphatic carbocycles. The number of sulfonamides is 1. The Morgan fingerprint density at radius 3 is 2.11 bits per heavy atom. The predicted octanol–water partition coefficient (Wildman–Crippen LogP) is 2.90. The maximum absolute atomic E-state index is 12.6. The van der Waals surface area contributed by atoms with Gasteiger partial charge in [0.1, 0.15) is 5.75 Å². The van der Waals surface area contributed by atoms with Gasteiger partial charge in [-0.3, -0.25) is 9.59 Å². The number of nitrogens with zero attached hydrogens (tertiary/aromatic N) is 1. The van der Waals surface area contributed by atoms with Crippen molar-refractivity contribution >= 4 is 21.8 Å². The van der Waals surface area contributed by atoms with Gasteiger partial charge in [-0.05, 0) is 56.2 Å². The fourth-order valence-corrected chi connectivity index (χ4v) is 4.52. The molecule has 0 saturated carbocycles. The summed E-state index contributed by atoms with van der Waals surface area (Å²) in [6.45, 7) is 2.03. The van der Waals surface area contributed by atoms with Crippen molar-refractivity contribution in [2.75, 3.05) is 13.1 Å². The van der Waals surface area contributed by atoms with Gasteiger partial charge in [0, 0.05) is 18.7 Å². The number of hydrogen-bond acceptors (Lipinski definition) is 5. The van der Waals surface area contributed by atoms with Gasteiger partial charge in [0.15, 0.2) is 5.78 Å². The molecule has 0 bridgehead atoms. The molecule has 2 aromatic carbocycles. The molecule has 1 fully saturated rings. The van der Waals surface area contributed by atoms with E-state index in [4.69, 9.17) is 4.74 Å². The zero-order chi connectivity index (χ0) is 19.4. The quantitative estimate of drug-likeness (QED) is 0.448. The van der Waals surface area contributed by atoms with Gasteiger partial charge in [-0.2, -0.15) is 4.31 Å². The molecule has 0 radical (unpaired) electrons. The third kappa shape index (κ3) is 4.43. The van der Waals surface area contributed by atoms with E-state index in [1.54, 1.807) is 54.6 Å². The van der Waals surface area contributed by atoms with Crippen LogP contribution < -0.4 is 4.74 Å². The highest BCUT2D eigenvalue weighted by atomic mass is 32.2. The summed E-state index contributed by atoms with van der Waals surface area (Å²) in [7, 11) is -3.53. The molecule has 1 saturated heterocycles. The zero-order valence-corrected chi connectivity index (χ0v) is 15.8. The van der Waals surface area contributed by atoms with E-state index >= 15 is 0 Å². The number of hydrogen-bond donors (Lipinski definition) is 0. The van der Waals surface area contributed by atoms with Crippen molar-refractivity contribution in [1.29, 1.82) is 0 Å². The molecular formula is C20H21NO5S. The molecule has 0 unspecified atom stereocenters. The Morgan fingerprint density at radius 2 is 1.56 bits per heavy atom. The molecule has 7 heteroatoms. The number of piperidine rings is 1. The first-order valence-electron chi connectivity index (χ1n) is 8.76. The van der Waals surface area contributed by atoms with E-state index < -0.39 is 10.0 Å². The number of ether oxygens (including phenoxy) is 1. The lowest BCUT2D eigenvalue weighted by Crippen LogP contribution is -2.41. The van der Waals surface area contributed by atoms with Crippen LogP contribution in [-0.2, 0) is 14.8 Å². The fourth-order valence-electron chi connectivity index (χ4n) is 3.03. The van der Waals surface area contributed by atoms with Crippen LogP contribution in [0.1, 0.15) is 30.1 Å². The fraction of sp³-hybridized carbons (Fsp3) is 0.300. The summed E-state index contributed by atoms with van der Waals surface area (Å²) < 4.78 is 32.0. The van der Waals surface area contributed by atoms with E-state index in [0.717, 1.165) is 0 Å². The van der Waals surface area contributed by atoms with Crippen molar-refractivity contribution in [2.24, 2.45) is 5.92 Å². The predicted molar refractivity (Wildman–Crippen MR) is 100 cm³/mol. The molecule has 2 aromatic rings. The second kappa shape index (κ2) is 8.02. The van der Waals surface area contributed by atoms with E-state index in [9.17, 15) is 18.0 Å². The Labute approximate surface area is 158 Å². The Hall–Kier alpha value is -2.51. The summed E-state index contributed by atoms with van der Waals surface area (Å²) in [6.07, 6.45) is 0.826. The zero-order valence-electron chi connectivity index (χ0n) is 15.0. The molecule has 0 spiro atoms. The van der Waals surface area contributed by atoms with E-state index in [0.29, 0.717) is 24.2 Å². The van der Waals surface area contributed by atoms with Crippen molar-refractivity contribution in [3.8, 4) is 5.75 Å². The minimum atomic E-state index is -3.53. The van der Waals surface area contributed by atoms with Gasteiger partial charge in [-0.1, -0.05) is 18.2 Å². The van der Waals surface area contributed by atoms with Gasteiger partial charge in [0.05, 0.1) is 10.8 Å². The molecule has 0 atom stereocenters. The number of benzene rings is 2. The minimum absolute atomic E-state index is 0.0557. The van der Waals surface area contributed by atoms with Crippen LogP contribution in [0.3, 0.4) is 0 Å². The smallest absolute Gasteiger partial charge is 0.314 e. The van der Waals surface area contributed by atoms with Crippen LogP contribution in [0.5, 0.6) is 5.75 Å². The Bertz CT molecular complexity index is 915. The van der Waals surface area contributed by atoms with E-state index in [1.807, 2.05) is 0 Å². The summed E-state index contributed by atoms with van der Waals surface area (Å²) in [5, 5.41) is 0. The number of carbonyl (C=O) groups excluding carboxylic acids is 2. The number of ketones is 1. The number of esters is 1. The number of Topliss-reactive ketones (excluding diaryl/α,β-unsaturated/α-hetero) is 1. The van der Waals surface area contributed by atoms with E-state index in [-0.39, 0.29) is 35.7 Å². The lowest BCUT2D eigenvalue weighted by atomic mass is 9.98. The van der Waals surface area contributed by atoms with Gasteiger partial charge in [0.2, 0.25) is 10.0 Å². The van der Waals surface area contributed by atoms with E-state index in [2.05, 4.69) is 0 Å². The third-order valence-electron chi connectivity index (χ3n) is 4.65. The van der Waals surface area contributed by atoms with Crippen molar-refractivity contribution < 1.29 is 22.7 Å². The topological polar surface area (TPSA) is 80.8 Å². The molecule has 1 aliphatic heterocycles. The molecule has 142 valence electrons. The molecule has 6 nitrogen and oxygen atoms in total. The highest BCUT2D eigenvalue weighted by molar-refractivity contribution is 7.89. The minimum Gasteiger partial charge on any atom is -0.426 e. The lowest BCUT2D eigenvalue weighted by Gasteiger charge is -2.30. The molecule has 27 heavy (non-hydrogen) atoms. The molecule has 0 amide bonds. The Morgan fingerprint density at radius 1 is 0.963 bits per heavy atom.